The average molecular weight is 276 g/mol. The Bertz CT molecular complexity index is 436. The molecule has 1 aliphatic heterocycles. The van der Waals surface area contributed by atoms with Crippen LogP contribution in [0.15, 0.2) is 12.1 Å². The van der Waals surface area contributed by atoms with Crippen LogP contribution in [0.3, 0.4) is 0 Å². The largest absolute Gasteiger partial charge is 0.364 e. The molecule has 0 aromatic carbocycles. The molecule has 2 N–H and O–H groups in total. The number of carbonyl (C=O) groups is 1. The lowest BCUT2D eigenvalue weighted by Crippen LogP contribution is -2.34. The number of rotatable bonds is 5. The first-order valence-corrected chi connectivity index (χ1v) is 7.44. The number of hydrogen-bond acceptors (Lipinski definition) is 4. The molecule has 1 fully saturated rings. The summed E-state index contributed by atoms with van der Waals surface area (Å²) in [6, 6.07) is 3.48. The van der Waals surface area contributed by atoms with Crippen molar-refractivity contribution >= 4 is 11.7 Å². The number of piperidine rings is 1. The highest BCUT2D eigenvalue weighted by Gasteiger charge is 2.20. The maximum absolute atomic E-state index is 11.0. The summed E-state index contributed by atoms with van der Waals surface area (Å²) in [5.74, 6) is 1.94. The average Bonchev–Trinajstić information content (AvgIpc) is 2.46. The smallest absolute Gasteiger partial charge is 0.269 e. The third-order valence-electron chi connectivity index (χ3n) is 3.99. The number of aromatic nitrogens is 2. The number of nitrogens with two attached hydrogens (primary N) is 1. The van der Waals surface area contributed by atoms with E-state index in [0.29, 0.717) is 0 Å². The maximum atomic E-state index is 11.0. The topological polar surface area (TPSA) is 72.1 Å². The van der Waals surface area contributed by atoms with E-state index in [0.717, 1.165) is 30.7 Å². The monoisotopic (exact) mass is 276 g/mol. The number of anilines is 1. The van der Waals surface area contributed by atoms with Gasteiger partial charge in [-0.05, 0) is 36.8 Å². The summed E-state index contributed by atoms with van der Waals surface area (Å²) in [6.45, 7) is 6.61. The van der Waals surface area contributed by atoms with Crippen LogP contribution < -0.4 is 10.6 Å². The van der Waals surface area contributed by atoms with Crippen LogP contribution in [0.25, 0.3) is 0 Å². The Morgan fingerprint density at radius 2 is 2.05 bits per heavy atom. The fraction of sp³-hybridized carbons (Fsp3) is 0.667. The van der Waals surface area contributed by atoms with Crippen molar-refractivity contribution in [3.8, 4) is 0 Å². The van der Waals surface area contributed by atoms with E-state index in [-0.39, 0.29) is 5.69 Å². The van der Waals surface area contributed by atoms with Gasteiger partial charge in [0.1, 0.15) is 0 Å². The molecule has 1 aliphatic rings. The van der Waals surface area contributed by atoms with E-state index >= 15 is 0 Å². The van der Waals surface area contributed by atoms with Crippen LogP contribution in [0.4, 0.5) is 5.82 Å². The fourth-order valence-electron chi connectivity index (χ4n) is 2.65. The molecule has 2 heterocycles. The van der Waals surface area contributed by atoms with Crippen LogP contribution in [0.2, 0.25) is 0 Å². The molecule has 0 radical (unpaired) electrons. The molecule has 1 aromatic heterocycles. The van der Waals surface area contributed by atoms with Crippen molar-refractivity contribution in [3.63, 3.8) is 0 Å². The van der Waals surface area contributed by atoms with E-state index < -0.39 is 5.91 Å². The Morgan fingerprint density at radius 1 is 1.35 bits per heavy atom. The Morgan fingerprint density at radius 3 is 2.55 bits per heavy atom. The van der Waals surface area contributed by atoms with Gasteiger partial charge in [-0.1, -0.05) is 26.7 Å². The van der Waals surface area contributed by atoms with Crippen LogP contribution in [0.5, 0.6) is 0 Å². The molecule has 110 valence electrons. The van der Waals surface area contributed by atoms with Crippen molar-refractivity contribution in [2.24, 2.45) is 17.6 Å². The molecule has 0 atom stereocenters. The highest BCUT2D eigenvalue weighted by atomic mass is 16.1. The lowest BCUT2D eigenvalue weighted by Gasteiger charge is -2.32. The van der Waals surface area contributed by atoms with Gasteiger partial charge < -0.3 is 10.6 Å². The van der Waals surface area contributed by atoms with Gasteiger partial charge in [0.2, 0.25) is 0 Å². The number of primary amides is 1. The number of carbonyl (C=O) groups excluding carboxylic acids is 1. The molecule has 2 rings (SSSR count). The standard InChI is InChI=1S/C15H24N4O/c1-11(2)3-4-12-7-9-19(10-8-12)14-6-5-13(15(16)20)17-18-14/h5-6,11-12H,3-4,7-10H2,1-2H3,(H2,16,20). The van der Waals surface area contributed by atoms with E-state index in [2.05, 4.69) is 28.9 Å². The minimum Gasteiger partial charge on any atom is -0.364 e. The lowest BCUT2D eigenvalue weighted by molar-refractivity contribution is 0.0994. The molecule has 0 saturated carbocycles. The normalized spacial score (nSPS) is 16.6. The second-order valence-electron chi connectivity index (χ2n) is 6.04. The van der Waals surface area contributed by atoms with Crippen molar-refractivity contribution in [2.75, 3.05) is 18.0 Å². The molecule has 5 heteroatoms. The van der Waals surface area contributed by atoms with Crippen molar-refractivity contribution in [2.45, 2.75) is 39.5 Å². The molecule has 0 bridgehead atoms. The van der Waals surface area contributed by atoms with Crippen LogP contribution in [-0.2, 0) is 0 Å². The zero-order chi connectivity index (χ0) is 14.5. The van der Waals surface area contributed by atoms with Gasteiger partial charge >= 0.3 is 0 Å². The van der Waals surface area contributed by atoms with Gasteiger partial charge in [0, 0.05) is 13.1 Å². The molecule has 0 unspecified atom stereocenters. The van der Waals surface area contributed by atoms with Crippen LogP contribution in [0, 0.1) is 11.8 Å². The summed E-state index contributed by atoms with van der Waals surface area (Å²) in [6.07, 6.45) is 5.08. The number of amides is 1. The van der Waals surface area contributed by atoms with E-state index in [4.69, 9.17) is 5.73 Å². The van der Waals surface area contributed by atoms with E-state index in [1.165, 1.54) is 25.7 Å². The summed E-state index contributed by atoms with van der Waals surface area (Å²) in [4.78, 5) is 13.2. The molecule has 0 spiro atoms. The van der Waals surface area contributed by atoms with Crippen LogP contribution in [0.1, 0.15) is 50.0 Å². The predicted octanol–water partition coefficient (Wildman–Crippen LogP) is 2.23. The molecule has 20 heavy (non-hydrogen) atoms. The van der Waals surface area contributed by atoms with Gasteiger partial charge in [0.05, 0.1) is 0 Å². The van der Waals surface area contributed by atoms with E-state index in [9.17, 15) is 4.79 Å². The lowest BCUT2D eigenvalue weighted by atomic mass is 9.90. The quantitative estimate of drug-likeness (QED) is 0.895. The van der Waals surface area contributed by atoms with Gasteiger partial charge in [0.25, 0.3) is 5.91 Å². The maximum Gasteiger partial charge on any atom is 0.269 e. The highest BCUT2D eigenvalue weighted by Crippen LogP contribution is 2.26. The Balaban J connectivity index is 1.85. The summed E-state index contributed by atoms with van der Waals surface area (Å²) in [5.41, 5.74) is 5.39. The third kappa shape index (κ3) is 3.92. The molecule has 0 aliphatic carbocycles. The van der Waals surface area contributed by atoms with Crippen molar-refractivity contribution in [1.82, 2.24) is 10.2 Å². The first-order chi connectivity index (χ1) is 9.56. The minimum absolute atomic E-state index is 0.223. The Labute approximate surface area is 120 Å². The molecular formula is C15H24N4O. The minimum atomic E-state index is -0.531. The fourth-order valence-corrected chi connectivity index (χ4v) is 2.65. The summed E-state index contributed by atoms with van der Waals surface area (Å²) >= 11 is 0. The predicted molar refractivity (Wildman–Crippen MR) is 79.6 cm³/mol. The SMILES string of the molecule is CC(C)CCC1CCN(c2ccc(C(N)=O)nn2)CC1. The van der Waals surface area contributed by atoms with Gasteiger partial charge in [-0.15, -0.1) is 10.2 Å². The van der Waals surface area contributed by atoms with Gasteiger partial charge in [0.15, 0.2) is 11.5 Å². The van der Waals surface area contributed by atoms with Gasteiger partial charge in [-0.25, -0.2) is 0 Å². The van der Waals surface area contributed by atoms with Crippen LogP contribution in [-0.4, -0.2) is 29.2 Å². The second-order valence-corrected chi connectivity index (χ2v) is 6.04. The third-order valence-corrected chi connectivity index (χ3v) is 3.99. The first kappa shape index (κ1) is 14.8. The molecular weight excluding hydrogens is 252 g/mol. The van der Waals surface area contributed by atoms with E-state index in [1.807, 2.05) is 6.07 Å². The Hall–Kier alpha value is -1.65. The number of hydrogen-bond donors (Lipinski definition) is 1. The Kier molecular flexibility index (Phi) is 4.93. The van der Waals surface area contributed by atoms with Crippen molar-refractivity contribution in [3.05, 3.63) is 17.8 Å². The second kappa shape index (κ2) is 6.68. The van der Waals surface area contributed by atoms with E-state index in [1.54, 1.807) is 6.07 Å². The molecule has 5 nitrogen and oxygen atoms in total. The summed E-state index contributed by atoms with van der Waals surface area (Å²) in [5, 5.41) is 7.96. The first-order valence-electron chi connectivity index (χ1n) is 7.44. The zero-order valence-corrected chi connectivity index (χ0v) is 12.4. The van der Waals surface area contributed by atoms with Crippen molar-refractivity contribution < 1.29 is 4.79 Å². The zero-order valence-electron chi connectivity index (χ0n) is 12.4. The van der Waals surface area contributed by atoms with Gasteiger partial charge in [-0.3, -0.25) is 4.79 Å². The highest BCUT2D eigenvalue weighted by molar-refractivity contribution is 5.90. The van der Waals surface area contributed by atoms with Crippen molar-refractivity contribution in [1.29, 1.82) is 0 Å². The summed E-state index contributed by atoms with van der Waals surface area (Å²) in [7, 11) is 0. The summed E-state index contributed by atoms with van der Waals surface area (Å²) < 4.78 is 0. The molecule has 1 saturated heterocycles. The van der Waals surface area contributed by atoms with Crippen LogP contribution >= 0.6 is 0 Å². The number of nitrogens with zero attached hydrogens (tertiary/aromatic N) is 3. The molecule has 1 aromatic rings. The van der Waals surface area contributed by atoms with Gasteiger partial charge in [-0.2, -0.15) is 0 Å². The molecule has 1 amide bonds.